The number of nitrogens with two attached hydrogens (primary N) is 1. The lowest BCUT2D eigenvalue weighted by molar-refractivity contribution is -0.137. The number of carbonyl (C=O) groups is 7. The largest absolute Gasteiger partial charge is 0.379 e. The Kier molecular flexibility index (Phi) is 22.2. The zero-order valence-corrected chi connectivity index (χ0v) is 29.0. The first-order valence-corrected chi connectivity index (χ1v) is 16.4. The minimum atomic E-state index is -0.838. The third kappa shape index (κ3) is 19.9. The van der Waals surface area contributed by atoms with E-state index in [1.54, 1.807) is 36.4 Å². The number of ether oxygens (including phenoxy) is 4. The third-order valence-electron chi connectivity index (χ3n) is 6.45. The summed E-state index contributed by atoms with van der Waals surface area (Å²) in [5.41, 5.74) is 5.02. The molecule has 266 valence electrons. The highest BCUT2D eigenvalue weighted by atomic mass is 127. The number of hydrogen-bond donors (Lipinski definition) is 5. The molecule has 1 aliphatic rings. The molecular weight excluding hydrogens is 735 g/mol. The highest BCUT2D eigenvalue weighted by Gasteiger charge is 2.28. The average Bonchev–Trinajstić information content (AvgIpc) is 3.33. The van der Waals surface area contributed by atoms with Gasteiger partial charge in [0.25, 0.3) is 11.8 Å². The molecule has 1 aliphatic heterocycles. The average molecular weight is 783 g/mol. The van der Waals surface area contributed by atoms with Crippen molar-refractivity contribution in [1.82, 2.24) is 26.2 Å². The number of amides is 7. The van der Waals surface area contributed by atoms with Crippen molar-refractivity contribution in [2.45, 2.75) is 51.6 Å². The van der Waals surface area contributed by atoms with Crippen LogP contribution in [0.4, 0.5) is 4.79 Å². The normalized spacial score (nSPS) is 13.8. The number of carbonyl (C=O) groups excluding carboxylic acids is 7. The molecule has 0 bridgehead atoms. The summed E-state index contributed by atoms with van der Waals surface area (Å²) >= 11 is 1.61. The molecule has 0 fully saturated rings. The molecule has 0 aromatic rings. The second-order valence-corrected chi connectivity index (χ2v) is 11.6. The lowest BCUT2D eigenvalue weighted by atomic mass is 10.0. The molecule has 17 nitrogen and oxygen atoms in total. The van der Waals surface area contributed by atoms with Gasteiger partial charge in [0.1, 0.15) is 6.04 Å². The molecule has 47 heavy (non-hydrogen) atoms. The SMILES string of the molecule is CC(C)[C@H](NC(=O)CCOCCOCCOCCOCCNC(=O)CCN1C(=O)C=CC1=O)C(=O)N[C@@H](CCCNC(N)=O)C(=O)I. The van der Waals surface area contributed by atoms with Gasteiger partial charge in [-0.15, -0.1) is 0 Å². The van der Waals surface area contributed by atoms with Crippen molar-refractivity contribution < 1.29 is 52.5 Å². The van der Waals surface area contributed by atoms with Crippen LogP contribution in [0.25, 0.3) is 0 Å². The highest BCUT2D eigenvalue weighted by Crippen LogP contribution is 2.08. The second-order valence-electron chi connectivity index (χ2n) is 10.5. The summed E-state index contributed by atoms with van der Waals surface area (Å²) in [6.07, 6.45) is 3.15. The fourth-order valence-electron chi connectivity index (χ4n) is 3.94. The maximum absolute atomic E-state index is 12.8. The van der Waals surface area contributed by atoms with Gasteiger partial charge in [0.15, 0.2) is 0 Å². The Labute approximate surface area is 287 Å². The molecule has 0 aliphatic carbocycles. The monoisotopic (exact) mass is 782 g/mol. The van der Waals surface area contributed by atoms with Crippen LogP contribution in [-0.2, 0) is 47.7 Å². The molecule has 0 unspecified atom stereocenters. The lowest BCUT2D eigenvalue weighted by Crippen LogP contribution is -2.53. The number of urea groups is 1. The fraction of sp³-hybridized carbons (Fsp3) is 0.690. The molecule has 1 heterocycles. The van der Waals surface area contributed by atoms with Gasteiger partial charge in [0, 0.05) is 67.2 Å². The zero-order valence-electron chi connectivity index (χ0n) is 26.9. The maximum atomic E-state index is 12.8. The van der Waals surface area contributed by atoms with E-state index >= 15 is 0 Å². The molecule has 2 atom stereocenters. The van der Waals surface area contributed by atoms with Gasteiger partial charge in [0.05, 0.1) is 58.9 Å². The van der Waals surface area contributed by atoms with Crippen LogP contribution >= 0.6 is 22.6 Å². The van der Waals surface area contributed by atoms with Crippen LogP contribution in [-0.4, -0.2) is 129 Å². The Balaban J connectivity index is 2.03. The van der Waals surface area contributed by atoms with Crippen LogP contribution in [0.5, 0.6) is 0 Å². The summed E-state index contributed by atoms with van der Waals surface area (Å²) in [7, 11) is 0. The van der Waals surface area contributed by atoms with Gasteiger partial charge in [-0.25, -0.2) is 4.79 Å². The van der Waals surface area contributed by atoms with E-state index in [1.165, 1.54) is 12.2 Å². The Morgan fingerprint density at radius 2 is 1.32 bits per heavy atom. The van der Waals surface area contributed by atoms with Gasteiger partial charge in [-0.05, 0) is 18.8 Å². The quantitative estimate of drug-likeness (QED) is 0.0291. The van der Waals surface area contributed by atoms with E-state index in [9.17, 15) is 33.6 Å². The van der Waals surface area contributed by atoms with E-state index in [-0.39, 0.29) is 67.3 Å². The Bertz CT molecular complexity index is 1060. The number of primary amides is 1. The van der Waals surface area contributed by atoms with E-state index in [1.807, 2.05) is 0 Å². The summed E-state index contributed by atoms with van der Waals surface area (Å²) in [5.74, 6) is -2.19. The first kappa shape index (κ1) is 41.8. The molecule has 1 rings (SSSR count). The van der Waals surface area contributed by atoms with Crippen molar-refractivity contribution in [2.24, 2.45) is 11.7 Å². The molecular formula is C29H47IN6O11. The first-order valence-electron chi connectivity index (χ1n) is 15.4. The number of rotatable bonds is 27. The minimum Gasteiger partial charge on any atom is -0.379 e. The Morgan fingerprint density at radius 1 is 0.766 bits per heavy atom. The van der Waals surface area contributed by atoms with E-state index in [4.69, 9.17) is 24.7 Å². The summed E-state index contributed by atoms with van der Waals surface area (Å²) in [5, 5.41) is 10.4. The van der Waals surface area contributed by atoms with Crippen LogP contribution in [0.2, 0.25) is 0 Å². The smallest absolute Gasteiger partial charge is 0.312 e. The highest BCUT2D eigenvalue weighted by molar-refractivity contribution is 14.1. The molecule has 6 N–H and O–H groups in total. The summed E-state index contributed by atoms with van der Waals surface area (Å²) < 4.78 is 21.4. The van der Waals surface area contributed by atoms with Crippen LogP contribution < -0.4 is 27.0 Å². The summed E-state index contributed by atoms with van der Waals surface area (Å²) in [6.45, 7) is 6.50. The number of halogens is 1. The van der Waals surface area contributed by atoms with Crippen molar-refractivity contribution in [2.75, 3.05) is 72.5 Å². The predicted octanol–water partition coefficient (Wildman–Crippen LogP) is -1.09. The van der Waals surface area contributed by atoms with Crippen molar-refractivity contribution >= 4 is 61.9 Å². The predicted molar refractivity (Wildman–Crippen MR) is 176 cm³/mol. The van der Waals surface area contributed by atoms with Crippen LogP contribution in [0.3, 0.4) is 0 Å². The number of imide groups is 1. The van der Waals surface area contributed by atoms with E-state index in [0.717, 1.165) is 4.90 Å². The van der Waals surface area contributed by atoms with Crippen molar-refractivity contribution in [3.63, 3.8) is 0 Å². The number of nitrogens with one attached hydrogen (secondary N) is 4. The van der Waals surface area contributed by atoms with Crippen molar-refractivity contribution in [1.29, 1.82) is 0 Å². The molecule has 0 saturated heterocycles. The third-order valence-corrected chi connectivity index (χ3v) is 7.20. The zero-order chi connectivity index (χ0) is 35.0. The van der Waals surface area contributed by atoms with E-state index in [2.05, 4.69) is 21.3 Å². The minimum absolute atomic E-state index is 0.0222. The molecule has 18 heteroatoms. The van der Waals surface area contributed by atoms with Gasteiger partial charge >= 0.3 is 6.03 Å². The standard InChI is InChI=1S/C29H47IN6O11/c1-20(2)26(28(42)34-21(27(30)41)4-3-9-33-29(31)43)35-23(38)8-12-44-14-16-46-18-19-47-17-15-45-13-10-32-22(37)7-11-36-24(39)5-6-25(36)40/h5-6,20-21,26H,3-4,7-19H2,1-2H3,(H,32,37)(H,34,42)(H,35,38)(H3,31,33,43)/t21-,26-/m0/s1. The van der Waals surface area contributed by atoms with Gasteiger partial charge in [-0.1, -0.05) is 13.8 Å². The topological polar surface area (TPSA) is 234 Å². The van der Waals surface area contributed by atoms with Crippen LogP contribution in [0.1, 0.15) is 39.5 Å². The van der Waals surface area contributed by atoms with Gasteiger partial charge in [0.2, 0.25) is 21.5 Å². The van der Waals surface area contributed by atoms with Gasteiger partial charge in [-0.3, -0.25) is 33.7 Å². The molecule has 0 saturated carbocycles. The lowest BCUT2D eigenvalue weighted by Gasteiger charge is -2.24. The van der Waals surface area contributed by atoms with Crippen molar-refractivity contribution in [3.05, 3.63) is 12.2 Å². The second kappa shape index (κ2) is 24.9. The van der Waals surface area contributed by atoms with Crippen LogP contribution in [0.15, 0.2) is 12.2 Å². The molecule has 7 amide bonds. The molecule has 0 radical (unpaired) electrons. The summed E-state index contributed by atoms with van der Waals surface area (Å²) in [4.78, 5) is 83.7. The van der Waals surface area contributed by atoms with Gasteiger partial charge in [-0.2, -0.15) is 0 Å². The van der Waals surface area contributed by atoms with E-state index < -0.39 is 35.8 Å². The van der Waals surface area contributed by atoms with Crippen molar-refractivity contribution in [3.8, 4) is 0 Å². The Morgan fingerprint density at radius 3 is 1.85 bits per heavy atom. The maximum Gasteiger partial charge on any atom is 0.312 e. The molecule has 0 aromatic carbocycles. The summed E-state index contributed by atoms with van der Waals surface area (Å²) in [6, 6.07) is -2.27. The molecule has 0 aromatic heterocycles. The number of nitrogens with zero attached hydrogens (tertiary/aromatic N) is 1. The fourth-order valence-corrected chi connectivity index (χ4v) is 4.41. The Hall–Kier alpha value is -3.20. The first-order chi connectivity index (χ1) is 22.4. The van der Waals surface area contributed by atoms with Gasteiger partial charge < -0.3 is 45.9 Å². The number of hydrogen-bond acceptors (Lipinski definition) is 11. The van der Waals surface area contributed by atoms with E-state index in [0.29, 0.717) is 52.4 Å². The van der Waals surface area contributed by atoms with Crippen LogP contribution in [0, 0.1) is 5.92 Å². The molecule has 0 spiro atoms.